The largest absolute Gasteiger partial charge is 0.208 e. The second-order valence-corrected chi connectivity index (χ2v) is 12.8. The number of benzene rings is 6. The van der Waals surface area contributed by atoms with E-state index in [1.807, 2.05) is 24.3 Å². The molecular formula is C44H33N3. The first-order chi connectivity index (χ1) is 23.3. The van der Waals surface area contributed by atoms with E-state index in [9.17, 15) is 0 Å². The van der Waals surface area contributed by atoms with Crippen molar-refractivity contribution in [1.82, 2.24) is 15.0 Å². The summed E-state index contributed by atoms with van der Waals surface area (Å²) in [5.74, 6) is 2.00. The van der Waals surface area contributed by atoms with Gasteiger partial charge in [0, 0.05) is 22.1 Å². The van der Waals surface area contributed by atoms with E-state index in [1.54, 1.807) is 0 Å². The van der Waals surface area contributed by atoms with Crippen LogP contribution in [-0.2, 0) is 5.41 Å². The summed E-state index contributed by atoms with van der Waals surface area (Å²) in [7, 11) is 0. The molecule has 0 radical (unpaired) electrons. The van der Waals surface area contributed by atoms with Crippen molar-refractivity contribution < 1.29 is 0 Å². The summed E-state index contributed by atoms with van der Waals surface area (Å²) in [5.41, 5.74) is 13.5. The van der Waals surface area contributed by atoms with E-state index in [-0.39, 0.29) is 5.41 Å². The standard InChI is InChI=1S/C44H33N3/c1-3-13-30(14-4-1)31-21-23-33(24-22-31)42-45-41(32-15-5-2-6-16-32)46-43(47-42)37-19-8-7-17-35(37)34-25-26-40-38(29-34)36-18-9-10-20-39(36)44(40)27-11-12-28-44/h1-10,13-26,29H,11-12,27-28H2. The molecule has 0 amide bonds. The lowest BCUT2D eigenvalue weighted by molar-refractivity contribution is 0.550. The summed E-state index contributed by atoms with van der Waals surface area (Å²) in [4.78, 5) is 15.2. The first-order valence-electron chi connectivity index (χ1n) is 16.6. The monoisotopic (exact) mass is 603 g/mol. The Morgan fingerprint density at radius 2 is 0.809 bits per heavy atom. The molecule has 1 saturated carbocycles. The van der Waals surface area contributed by atoms with Gasteiger partial charge in [0.15, 0.2) is 17.5 Å². The van der Waals surface area contributed by atoms with Crippen LogP contribution in [0, 0.1) is 0 Å². The van der Waals surface area contributed by atoms with Crippen LogP contribution in [0.1, 0.15) is 36.8 Å². The van der Waals surface area contributed by atoms with E-state index in [1.165, 1.54) is 59.1 Å². The predicted molar refractivity (Wildman–Crippen MR) is 192 cm³/mol. The first-order valence-corrected chi connectivity index (χ1v) is 16.6. The van der Waals surface area contributed by atoms with E-state index in [4.69, 9.17) is 15.0 Å². The average molecular weight is 604 g/mol. The number of hydrogen-bond donors (Lipinski definition) is 0. The van der Waals surface area contributed by atoms with Crippen molar-refractivity contribution in [2.24, 2.45) is 0 Å². The highest BCUT2D eigenvalue weighted by molar-refractivity contribution is 5.88. The fourth-order valence-electron chi connectivity index (χ4n) is 7.86. The van der Waals surface area contributed by atoms with Gasteiger partial charge in [-0.2, -0.15) is 0 Å². The topological polar surface area (TPSA) is 38.7 Å². The Balaban J connectivity index is 1.18. The fraction of sp³-hybridized carbons (Fsp3) is 0.114. The van der Waals surface area contributed by atoms with Gasteiger partial charge in [0.2, 0.25) is 0 Å². The lowest BCUT2D eigenvalue weighted by Gasteiger charge is -2.26. The lowest BCUT2D eigenvalue weighted by Crippen LogP contribution is -2.20. The summed E-state index contributed by atoms with van der Waals surface area (Å²) in [6.45, 7) is 0. The van der Waals surface area contributed by atoms with E-state index < -0.39 is 0 Å². The van der Waals surface area contributed by atoms with Crippen LogP contribution in [0.3, 0.4) is 0 Å². The van der Waals surface area contributed by atoms with Crippen molar-refractivity contribution in [2.75, 3.05) is 0 Å². The summed E-state index contributed by atoms with van der Waals surface area (Å²) in [6, 6.07) is 53.8. The van der Waals surface area contributed by atoms with Crippen LogP contribution in [0.2, 0.25) is 0 Å². The number of fused-ring (bicyclic) bond motifs is 5. The zero-order valence-corrected chi connectivity index (χ0v) is 26.1. The second-order valence-electron chi connectivity index (χ2n) is 12.8. The van der Waals surface area contributed by atoms with Crippen molar-refractivity contribution in [1.29, 1.82) is 0 Å². The second kappa shape index (κ2) is 11.3. The Kier molecular flexibility index (Phi) is 6.64. The van der Waals surface area contributed by atoms with E-state index in [2.05, 4.69) is 127 Å². The smallest absolute Gasteiger partial charge is 0.164 e. The molecule has 0 aliphatic heterocycles. The van der Waals surface area contributed by atoms with Gasteiger partial charge in [-0.1, -0.05) is 158 Å². The summed E-state index contributed by atoms with van der Waals surface area (Å²) < 4.78 is 0. The van der Waals surface area contributed by atoms with Gasteiger partial charge in [-0.3, -0.25) is 0 Å². The number of rotatable bonds is 5. The SMILES string of the molecule is c1ccc(-c2ccc(-c3nc(-c4ccccc4)nc(-c4ccccc4-c4ccc5c(c4)-c4ccccc4C54CCCC4)n3)cc2)cc1. The van der Waals surface area contributed by atoms with Crippen LogP contribution in [-0.4, -0.2) is 15.0 Å². The van der Waals surface area contributed by atoms with Crippen LogP contribution in [0.5, 0.6) is 0 Å². The molecular weight excluding hydrogens is 571 g/mol. The van der Waals surface area contributed by atoms with Crippen LogP contribution in [0.4, 0.5) is 0 Å². The van der Waals surface area contributed by atoms with Crippen LogP contribution < -0.4 is 0 Å². The van der Waals surface area contributed by atoms with Crippen molar-refractivity contribution in [2.45, 2.75) is 31.1 Å². The van der Waals surface area contributed by atoms with Crippen molar-refractivity contribution >= 4 is 0 Å². The van der Waals surface area contributed by atoms with Crippen LogP contribution in [0.25, 0.3) is 67.5 Å². The fourth-order valence-corrected chi connectivity index (χ4v) is 7.86. The highest BCUT2D eigenvalue weighted by Crippen LogP contribution is 2.57. The third kappa shape index (κ3) is 4.70. The minimum absolute atomic E-state index is 0.160. The molecule has 47 heavy (non-hydrogen) atoms. The van der Waals surface area contributed by atoms with Gasteiger partial charge in [0.25, 0.3) is 0 Å². The Bertz CT molecular complexity index is 2230. The van der Waals surface area contributed by atoms with E-state index in [0.717, 1.165) is 27.8 Å². The molecule has 3 heteroatoms. The number of aromatic nitrogens is 3. The van der Waals surface area contributed by atoms with E-state index >= 15 is 0 Å². The molecule has 1 spiro atoms. The van der Waals surface area contributed by atoms with Crippen molar-refractivity contribution in [3.63, 3.8) is 0 Å². The Labute approximate surface area is 275 Å². The van der Waals surface area contributed by atoms with Gasteiger partial charge < -0.3 is 0 Å². The Morgan fingerprint density at radius 1 is 0.340 bits per heavy atom. The van der Waals surface area contributed by atoms with Crippen LogP contribution >= 0.6 is 0 Å². The normalized spacial score (nSPS) is 14.2. The maximum atomic E-state index is 5.13. The minimum atomic E-state index is 0.160. The van der Waals surface area contributed by atoms with Gasteiger partial charge in [0.05, 0.1) is 0 Å². The van der Waals surface area contributed by atoms with Crippen molar-refractivity contribution in [3.05, 3.63) is 163 Å². The molecule has 9 rings (SSSR count). The van der Waals surface area contributed by atoms with Gasteiger partial charge in [-0.15, -0.1) is 0 Å². The predicted octanol–water partition coefficient (Wildman–Crippen LogP) is 11.0. The maximum absolute atomic E-state index is 5.13. The molecule has 7 aromatic rings. The highest BCUT2D eigenvalue weighted by Gasteiger charge is 2.44. The zero-order chi connectivity index (χ0) is 31.2. The van der Waals surface area contributed by atoms with Gasteiger partial charge in [-0.25, -0.2) is 15.0 Å². The minimum Gasteiger partial charge on any atom is -0.208 e. The molecule has 3 nitrogen and oxygen atoms in total. The number of nitrogens with zero attached hydrogens (tertiary/aromatic N) is 3. The lowest BCUT2D eigenvalue weighted by atomic mass is 9.76. The molecule has 1 heterocycles. The molecule has 1 fully saturated rings. The molecule has 0 atom stereocenters. The molecule has 2 aliphatic carbocycles. The molecule has 6 aromatic carbocycles. The third-order valence-electron chi connectivity index (χ3n) is 10.1. The van der Waals surface area contributed by atoms with Crippen LogP contribution in [0.15, 0.2) is 152 Å². The summed E-state index contributed by atoms with van der Waals surface area (Å²) in [5, 5.41) is 0. The van der Waals surface area contributed by atoms with Gasteiger partial charge in [-0.05, 0) is 63.4 Å². The number of hydrogen-bond acceptors (Lipinski definition) is 3. The van der Waals surface area contributed by atoms with Gasteiger partial charge in [0.1, 0.15) is 0 Å². The van der Waals surface area contributed by atoms with E-state index in [0.29, 0.717) is 17.5 Å². The maximum Gasteiger partial charge on any atom is 0.164 e. The summed E-state index contributed by atoms with van der Waals surface area (Å²) >= 11 is 0. The Morgan fingerprint density at radius 3 is 1.51 bits per heavy atom. The Hall–Kier alpha value is -5.67. The summed E-state index contributed by atoms with van der Waals surface area (Å²) in [6.07, 6.45) is 5.04. The molecule has 224 valence electrons. The molecule has 0 unspecified atom stereocenters. The third-order valence-corrected chi connectivity index (χ3v) is 10.1. The molecule has 0 N–H and O–H groups in total. The van der Waals surface area contributed by atoms with Gasteiger partial charge >= 0.3 is 0 Å². The van der Waals surface area contributed by atoms with Crippen molar-refractivity contribution in [3.8, 4) is 67.5 Å². The molecule has 0 bridgehead atoms. The zero-order valence-electron chi connectivity index (χ0n) is 26.1. The highest BCUT2D eigenvalue weighted by atomic mass is 15.0. The average Bonchev–Trinajstić information content (AvgIpc) is 3.76. The molecule has 2 aliphatic rings. The quantitative estimate of drug-likeness (QED) is 0.196. The molecule has 0 saturated heterocycles. The molecule has 1 aromatic heterocycles. The first kappa shape index (κ1) is 27.6.